The van der Waals surface area contributed by atoms with Crippen LogP contribution in [0.5, 0.6) is 0 Å². The largest absolute Gasteiger partial charge is 0.465 e. The number of hydrogen-bond acceptors (Lipinski definition) is 10. The van der Waals surface area contributed by atoms with E-state index >= 15 is 0 Å². The number of aryl methyl sites for hydroxylation is 1. The van der Waals surface area contributed by atoms with E-state index in [-0.39, 0.29) is 24.2 Å². The Kier molecular flexibility index (Phi) is 9.10. The summed E-state index contributed by atoms with van der Waals surface area (Å²) in [6.07, 6.45) is 0.952. The van der Waals surface area contributed by atoms with Crippen LogP contribution in [0.3, 0.4) is 0 Å². The molecule has 4 rings (SSSR count). The van der Waals surface area contributed by atoms with Gasteiger partial charge in [-0.05, 0) is 72.4 Å². The molecule has 0 atom stereocenters. The fraction of sp³-hybridized carbons (Fsp3) is 0.310. The molecule has 2 heterocycles. The van der Waals surface area contributed by atoms with Crippen molar-refractivity contribution in [1.29, 1.82) is 0 Å². The Morgan fingerprint density at radius 3 is 2.52 bits per heavy atom. The smallest absolute Gasteiger partial charge is 0.429 e. The van der Waals surface area contributed by atoms with Crippen LogP contribution >= 0.6 is 15.9 Å². The van der Waals surface area contributed by atoms with Crippen molar-refractivity contribution in [2.45, 2.75) is 33.3 Å². The molecule has 0 saturated carbocycles. The van der Waals surface area contributed by atoms with Gasteiger partial charge in [0.05, 0.1) is 24.8 Å². The van der Waals surface area contributed by atoms with Crippen LogP contribution in [0.1, 0.15) is 47.4 Å². The standard InChI is InChI=1S/C29H31BrN6O6/c1-17-33-24(34-42-17)19-8-7-18-11-12-31-25(21(18)15-19)32-13-14-36(35(5)28(39)41-29(2,3)4)26(37)22-16-20(27(38)40-6)9-10-23(22)30/h7-12,15-16H,13-14H2,1-6H3,(H,31,32). The summed E-state index contributed by atoms with van der Waals surface area (Å²) in [7, 11) is 2.70. The molecule has 1 N–H and O–H groups in total. The quantitative estimate of drug-likeness (QED) is 0.204. The third kappa shape index (κ3) is 7.03. The van der Waals surface area contributed by atoms with Crippen molar-refractivity contribution in [2.75, 3.05) is 32.6 Å². The number of carbonyl (C=O) groups is 3. The fourth-order valence-electron chi connectivity index (χ4n) is 4.03. The molecule has 220 valence electrons. The highest BCUT2D eigenvalue weighted by Gasteiger charge is 2.29. The van der Waals surface area contributed by atoms with Crippen LogP contribution < -0.4 is 5.32 Å². The molecule has 0 fully saturated rings. The van der Waals surface area contributed by atoms with Crippen molar-refractivity contribution in [3.8, 4) is 11.4 Å². The number of esters is 1. The number of nitrogens with one attached hydrogen (secondary N) is 1. The number of anilines is 1. The lowest BCUT2D eigenvalue weighted by atomic mass is 10.1. The lowest BCUT2D eigenvalue weighted by molar-refractivity contribution is -0.0267. The molecule has 2 aromatic heterocycles. The Balaban J connectivity index is 1.62. The summed E-state index contributed by atoms with van der Waals surface area (Å²) in [5.74, 6) is 0.346. The second kappa shape index (κ2) is 12.6. The third-order valence-corrected chi connectivity index (χ3v) is 6.73. The normalized spacial score (nSPS) is 11.2. The highest BCUT2D eigenvalue weighted by atomic mass is 79.9. The summed E-state index contributed by atoms with van der Waals surface area (Å²) in [4.78, 5) is 47.7. The zero-order valence-electron chi connectivity index (χ0n) is 24.1. The van der Waals surface area contributed by atoms with Crippen LogP contribution in [0.15, 0.2) is 57.7 Å². The van der Waals surface area contributed by atoms with Crippen molar-refractivity contribution in [1.82, 2.24) is 25.1 Å². The lowest BCUT2D eigenvalue weighted by Gasteiger charge is -2.33. The fourth-order valence-corrected chi connectivity index (χ4v) is 4.45. The number of halogens is 1. The maximum Gasteiger partial charge on any atom is 0.429 e. The summed E-state index contributed by atoms with van der Waals surface area (Å²) < 4.78 is 15.9. The second-order valence-electron chi connectivity index (χ2n) is 10.3. The van der Waals surface area contributed by atoms with Gasteiger partial charge in [0.1, 0.15) is 11.4 Å². The third-order valence-electron chi connectivity index (χ3n) is 6.04. The number of aromatic nitrogens is 3. The predicted octanol–water partition coefficient (Wildman–Crippen LogP) is 5.48. The van der Waals surface area contributed by atoms with Gasteiger partial charge in [0.15, 0.2) is 0 Å². The second-order valence-corrected chi connectivity index (χ2v) is 11.1. The number of pyridine rings is 1. The van der Waals surface area contributed by atoms with Crippen molar-refractivity contribution >= 4 is 50.5 Å². The number of amides is 2. The van der Waals surface area contributed by atoms with Gasteiger partial charge in [-0.15, -0.1) is 0 Å². The van der Waals surface area contributed by atoms with Crippen LogP contribution in [0, 0.1) is 6.92 Å². The van der Waals surface area contributed by atoms with Crippen LogP contribution in [0.4, 0.5) is 10.6 Å². The first kappa shape index (κ1) is 30.4. The summed E-state index contributed by atoms with van der Waals surface area (Å²) >= 11 is 3.39. The first-order valence-corrected chi connectivity index (χ1v) is 13.8. The molecule has 0 spiro atoms. The molecule has 2 amide bonds. The summed E-state index contributed by atoms with van der Waals surface area (Å²) in [5, 5.41) is 11.4. The van der Waals surface area contributed by atoms with E-state index in [1.54, 1.807) is 40.0 Å². The van der Waals surface area contributed by atoms with E-state index in [9.17, 15) is 14.4 Å². The van der Waals surface area contributed by atoms with Gasteiger partial charge in [0, 0.05) is 42.1 Å². The summed E-state index contributed by atoms with van der Waals surface area (Å²) in [6, 6.07) is 12.1. The average molecular weight is 640 g/mol. The highest BCUT2D eigenvalue weighted by molar-refractivity contribution is 9.10. The van der Waals surface area contributed by atoms with E-state index in [2.05, 4.69) is 36.4 Å². The molecular weight excluding hydrogens is 608 g/mol. The number of hydrogen-bond donors (Lipinski definition) is 1. The van der Waals surface area contributed by atoms with Crippen molar-refractivity contribution in [3.63, 3.8) is 0 Å². The molecule has 0 bridgehead atoms. The molecule has 4 aromatic rings. The zero-order valence-corrected chi connectivity index (χ0v) is 25.7. The first-order valence-electron chi connectivity index (χ1n) is 13.0. The van der Waals surface area contributed by atoms with Gasteiger partial charge >= 0.3 is 12.1 Å². The van der Waals surface area contributed by atoms with E-state index in [1.807, 2.05) is 24.3 Å². The summed E-state index contributed by atoms with van der Waals surface area (Å²) in [6.45, 7) is 7.19. The Labute approximate surface area is 251 Å². The van der Waals surface area contributed by atoms with Crippen molar-refractivity contribution in [3.05, 3.63) is 70.2 Å². The molecule has 0 aliphatic carbocycles. The monoisotopic (exact) mass is 638 g/mol. The molecule has 0 aliphatic rings. The van der Waals surface area contributed by atoms with Crippen molar-refractivity contribution < 1.29 is 28.4 Å². The van der Waals surface area contributed by atoms with Crippen LogP contribution in [-0.2, 0) is 9.47 Å². The molecular formula is C29H31BrN6O6. The van der Waals surface area contributed by atoms with E-state index in [0.717, 1.165) is 21.3 Å². The number of benzene rings is 2. The molecule has 0 radical (unpaired) electrons. The van der Waals surface area contributed by atoms with Crippen molar-refractivity contribution in [2.24, 2.45) is 0 Å². The van der Waals surface area contributed by atoms with Gasteiger partial charge < -0.3 is 19.3 Å². The Morgan fingerprint density at radius 2 is 1.86 bits per heavy atom. The maximum atomic E-state index is 13.8. The van der Waals surface area contributed by atoms with Crippen LogP contribution in [0.25, 0.3) is 22.2 Å². The number of hydrazine groups is 1. The molecule has 13 heteroatoms. The first-order chi connectivity index (χ1) is 19.9. The van der Waals surface area contributed by atoms with E-state index < -0.39 is 23.6 Å². The predicted molar refractivity (Wildman–Crippen MR) is 159 cm³/mol. The molecule has 0 saturated heterocycles. The number of methoxy groups -OCH3 is 1. The van der Waals surface area contributed by atoms with Gasteiger partial charge in [-0.1, -0.05) is 17.3 Å². The van der Waals surface area contributed by atoms with Gasteiger partial charge in [-0.2, -0.15) is 4.98 Å². The van der Waals surface area contributed by atoms with Gasteiger partial charge in [0.25, 0.3) is 5.91 Å². The Morgan fingerprint density at radius 1 is 1.10 bits per heavy atom. The summed E-state index contributed by atoms with van der Waals surface area (Å²) in [5.41, 5.74) is 0.323. The van der Waals surface area contributed by atoms with Crippen LogP contribution in [0.2, 0.25) is 0 Å². The van der Waals surface area contributed by atoms with Gasteiger partial charge in [-0.3, -0.25) is 4.79 Å². The molecule has 42 heavy (non-hydrogen) atoms. The van der Waals surface area contributed by atoms with E-state index in [4.69, 9.17) is 14.0 Å². The lowest BCUT2D eigenvalue weighted by Crippen LogP contribution is -2.50. The Bertz CT molecular complexity index is 1630. The number of ether oxygens (including phenoxy) is 2. The maximum absolute atomic E-state index is 13.8. The number of nitrogens with zero attached hydrogens (tertiary/aromatic N) is 5. The van der Waals surface area contributed by atoms with Gasteiger partial charge in [0.2, 0.25) is 11.7 Å². The van der Waals surface area contributed by atoms with Gasteiger partial charge in [-0.25, -0.2) is 24.6 Å². The topological polar surface area (TPSA) is 140 Å². The minimum Gasteiger partial charge on any atom is -0.465 e. The molecule has 0 aliphatic heterocycles. The highest BCUT2D eigenvalue weighted by Crippen LogP contribution is 2.27. The number of carbonyl (C=O) groups excluding carboxylic acids is 3. The number of rotatable bonds is 7. The Hall–Kier alpha value is -4.52. The van der Waals surface area contributed by atoms with E-state index in [1.165, 1.54) is 31.3 Å². The minimum absolute atomic E-state index is 0.0469. The zero-order chi connectivity index (χ0) is 30.6. The molecule has 12 nitrogen and oxygen atoms in total. The van der Waals surface area contributed by atoms with E-state index in [0.29, 0.717) is 22.0 Å². The SMILES string of the molecule is COC(=O)c1ccc(Br)c(C(=O)N(CCNc2nccc3ccc(-c4noc(C)n4)cc23)N(C)C(=O)OC(C)(C)C)c1. The molecule has 0 unspecified atom stereocenters. The minimum atomic E-state index is -0.786. The molecule has 2 aromatic carbocycles. The average Bonchev–Trinajstić information content (AvgIpc) is 3.39. The number of fused-ring (bicyclic) bond motifs is 1. The van der Waals surface area contributed by atoms with Crippen LogP contribution in [-0.4, -0.2) is 76.0 Å².